The first kappa shape index (κ1) is 14.2. The second kappa shape index (κ2) is 7.37. The van der Waals surface area contributed by atoms with E-state index in [1.165, 1.54) is 0 Å². The van der Waals surface area contributed by atoms with Gasteiger partial charge in [-0.15, -0.1) is 0 Å². The maximum absolute atomic E-state index is 9.93. The van der Waals surface area contributed by atoms with Gasteiger partial charge in [-0.3, -0.25) is 0 Å². The van der Waals surface area contributed by atoms with Crippen LogP contribution in [0.1, 0.15) is 30.6 Å². The first-order chi connectivity index (χ1) is 9.81. The number of hydrogen-bond donors (Lipinski definition) is 1. The average Bonchev–Trinajstić information content (AvgIpc) is 2.52. The van der Waals surface area contributed by atoms with E-state index in [9.17, 15) is 5.11 Å². The van der Waals surface area contributed by atoms with Crippen LogP contribution in [0.3, 0.4) is 0 Å². The molecule has 0 radical (unpaired) electrons. The van der Waals surface area contributed by atoms with Crippen molar-refractivity contribution in [3.05, 3.63) is 65.7 Å². The van der Waals surface area contributed by atoms with Crippen LogP contribution in [0.15, 0.2) is 54.6 Å². The Morgan fingerprint density at radius 3 is 2.50 bits per heavy atom. The summed E-state index contributed by atoms with van der Waals surface area (Å²) in [5.74, 6) is 6.72. The van der Waals surface area contributed by atoms with Gasteiger partial charge in [0.25, 0.3) is 0 Å². The topological polar surface area (TPSA) is 29.5 Å². The molecule has 0 aliphatic carbocycles. The summed E-state index contributed by atoms with van der Waals surface area (Å²) in [6.07, 6.45) is 0.170. The second-order valence-electron chi connectivity index (χ2n) is 4.42. The molecule has 2 rings (SSSR count). The standard InChI is InChI=1S/C18H18O2/c1-2-17(19)16-12-6-7-13-18(16)20-14-8-11-15-9-4-3-5-10-15/h3-7,9-10,12-13,17,19H,2,14H2,1H3/t17-/m0/s1. The predicted octanol–water partition coefficient (Wildman–Crippen LogP) is 3.56. The SMILES string of the molecule is CC[C@H](O)c1ccccc1OCC#Cc1ccccc1. The highest BCUT2D eigenvalue weighted by molar-refractivity contribution is 5.36. The van der Waals surface area contributed by atoms with Gasteiger partial charge in [-0.2, -0.15) is 0 Å². The Bertz CT molecular complexity index is 594. The lowest BCUT2D eigenvalue weighted by Gasteiger charge is -2.13. The largest absolute Gasteiger partial charge is 0.481 e. The molecule has 0 amide bonds. The molecule has 102 valence electrons. The highest BCUT2D eigenvalue weighted by Crippen LogP contribution is 2.26. The summed E-state index contributed by atoms with van der Waals surface area (Å²) in [5, 5.41) is 9.93. The molecule has 1 N–H and O–H groups in total. The minimum absolute atomic E-state index is 0.308. The van der Waals surface area contributed by atoms with Crippen LogP contribution in [0.4, 0.5) is 0 Å². The number of hydrogen-bond acceptors (Lipinski definition) is 2. The van der Waals surface area contributed by atoms with E-state index in [2.05, 4.69) is 11.8 Å². The van der Waals surface area contributed by atoms with Crippen molar-refractivity contribution in [1.82, 2.24) is 0 Å². The van der Waals surface area contributed by atoms with Crippen molar-refractivity contribution < 1.29 is 9.84 Å². The lowest BCUT2D eigenvalue weighted by molar-refractivity contribution is 0.168. The molecule has 0 aliphatic rings. The van der Waals surface area contributed by atoms with Crippen molar-refractivity contribution in [3.63, 3.8) is 0 Å². The maximum atomic E-state index is 9.93. The molecule has 2 aromatic rings. The Morgan fingerprint density at radius 2 is 1.75 bits per heavy atom. The molecular formula is C18H18O2. The van der Waals surface area contributed by atoms with Crippen LogP contribution in [-0.4, -0.2) is 11.7 Å². The second-order valence-corrected chi connectivity index (χ2v) is 4.42. The summed E-state index contributed by atoms with van der Waals surface area (Å²) < 4.78 is 5.65. The minimum atomic E-state index is -0.492. The molecule has 0 unspecified atom stereocenters. The van der Waals surface area contributed by atoms with Crippen LogP contribution >= 0.6 is 0 Å². The van der Waals surface area contributed by atoms with Crippen LogP contribution in [0.5, 0.6) is 5.75 Å². The molecule has 0 fully saturated rings. The van der Waals surface area contributed by atoms with Crippen molar-refractivity contribution in [2.45, 2.75) is 19.4 Å². The molecule has 0 saturated heterocycles. The van der Waals surface area contributed by atoms with Gasteiger partial charge in [0.05, 0.1) is 6.10 Å². The van der Waals surface area contributed by atoms with E-state index < -0.39 is 6.10 Å². The molecule has 0 bridgehead atoms. The summed E-state index contributed by atoms with van der Waals surface area (Å²) in [5.41, 5.74) is 1.79. The molecule has 2 aromatic carbocycles. The summed E-state index contributed by atoms with van der Waals surface area (Å²) in [4.78, 5) is 0. The number of aliphatic hydroxyl groups is 1. The van der Waals surface area contributed by atoms with Crippen molar-refractivity contribution >= 4 is 0 Å². The highest BCUT2D eigenvalue weighted by Gasteiger charge is 2.10. The van der Waals surface area contributed by atoms with E-state index >= 15 is 0 Å². The summed E-state index contributed by atoms with van der Waals surface area (Å²) in [6.45, 7) is 2.25. The number of ether oxygens (including phenoxy) is 1. The fourth-order valence-corrected chi connectivity index (χ4v) is 1.88. The van der Waals surface area contributed by atoms with Gasteiger partial charge in [0.2, 0.25) is 0 Å². The Morgan fingerprint density at radius 1 is 1.05 bits per heavy atom. The zero-order chi connectivity index (χ0) is 14.2. The van der Waals surface area contributed by atoms with Gasteiger partial charge in [0.1, 0.15) is 12.4 Å². The number of aliphatic hydroxyl groups excluding tert-OH is 1. The first-order valence-electron chi connectivity index (χ1n) is 6.75. The average molecular weight is 266 g/mol. The fraction of sp³-hybridized carbons (Fsp3) is 0.222. The van der Waals surface area contributed by atoms with Gasteiger partial charge in [-0.05, 0) is 24.6 Å². The third-order valence-corrected chi connectivity index (χ3v) is 2.97. The zero-order valence-corrected chi connectivity index (χ0v) is 11.5. The van der Waals surface area contributed by atoms with E-state index in [1.54, 1.807) is 0 Å². The van der Waals surface area contributed by atoms with Gasteiger partial charge in [-0.25, -0.2) is 0 Å². The van der Waals surface area contributed by atoms with Crippen molar-refractivity contribution in [1.29, 1.82) is 0 Å². The summed E-state index contributed by atoms with van der Waals surface area (Å²) in [6, 6.07) is 17.3. The molecule has 0 spiro atoms. The lowest BCUT2D eigenvalue weighted by Crippen LogP contribution is -2.02. The third kappa shape index (κ3) is 3.88. The smallest absolute Gasteiger partial charge is 0.149 e. The van der Waals surface area contributed by atoms with Crippen LogP contribution in [0, 0.1) is 11.8 Å². The van der Waals surface area contributed by atoms with Crippen LogP contribution in [0.2, 0.25) is 0 Å². The predicted molar refractivity (Wildman–Crippen MR) is 80.5 cm³/mol. The molecule has 0 aromatic heterocycles. The summed E-state index contributed by atoms with van der Waals surface area (Å²) >= 11 is 0. The highest BCUT2D eigenvalue weighted by atomic mass is 16.5. The Hall–Kier alpha value is -2.24. The Labute approximate surface area is 120 Å². The zero-order valence-electron chi connectivity index (χ0n) is 11.5. The van der Waals surface area contributed by atoms with E-state index in [1.807, 2.05) is 61.5 Å². The van der Waals surface area contributed by atoms with Gasteiger partial charge in [-0.1, -0.05) is 55.2 Å². The third-order valence-electron chi connectivity index (χ3n) is 2.97. The molecule has 0 heterocycles. The van der Waals surface area contributed by atoms with Crippen LogP contribution in [-0.2, 0) is 0 Å². The lowest BCUT2D eigenvalue weighted by atomic mass is 10.1. The van der Waals surface area contributed by atoms with Crippen molar-refractivity contribution in [3.8, 4) is 17.6 Å². The van der Waals surface area contributed by atoms with E-state index in [0.29, 0.717) is 18.8 Å². The van der Waals surface area contributed by atoms with Crippen molar-refractivity contribution in [2.24, 2.45) is 0 Å². The van der Waals surface area contributed by atoms with Gasteiger partial charge < -0.3 is 9.84 Å². The van der Waals surface area contributed by atoms with Crippen molar-refractivity contribution in [2.75, 3.05) is 6.61 Å². The molecule has 0 aliphatic heterocycles. The van der Waals surface area contributed by atoms with Crippen LogP contribution < -0.4 is 4.74 Å². The van der Waals surface area contributed by atoms with E-state index in [4.69, 9.17) is 4.74 Å². The number of para-hydroxylation sites is 1. The molecule has 0 saturated carbocycles. The minimum Gasteiger partial charge on any atom is -0.481 e. The van der Waals surface area contributed by atoms with Crippen LogP contribution in [0.25, 0.3) is 0 Å². The summed E-state index contributed by atoms with van der Waals surface area (Å²) in [7, 11) is 0. The van der Waals surface area contributed by atoms with Gasteiger partial charge in [0.15, 0.2) is 0 Å². The number of rotatable bonds is 4. The molecule has 1 atom stereocenters. The Kier molecular flexibility index (Phi) is 5.23. The van der Waals surface area contributed by atoms with E-state index in [0.717, 1.165) is 11.1 Å². The normalized spacial score (nSPS) is 11.3. The first-order valence-corrected chi connectivity index (χ1v) is 6.75. The molecular weight excluding hydrogens is 248 g/mol. The molecule has 20 heavy (non-hydrogen) atoms. The monoisotopic (exact) mass is 266 g/mol. The quantitative estimate of drug-likeness (QED) is 0.857. The van der Waals surface area contributed by atoms with Gasteiger partial charge in [0, 0.05) is 11.1 Å². The Balaban J connectivity index is 2.00. The number of benzene rings is 2. The fourth-order valence-electron chi connectivity index (χ4n) is 1.88. The molecule has 2 heteroatoms. The van der Waals surface area contributed by atoms with E-state index in [-0.39, 0.29) is 0 Å². The molecule has 2 nitrogen and oxygen atoms in total. The van der Waals surface area contributed by atoms with Gasteiger partial charge >= 0.3 is 0 Å². The maximum Gasteiger partial charge on any atom is 0.149 e.